The second-order valence-corrected chi connectivity index (χ2v) is 4.88. The summed E-state index contributed by atoms with van der Waals surface area (Å²) in [7, 11) is 0. The third-order valence-electron chi connectivity index (χ3n) is 3.33. The van der Waals surface area contributed by atoms with Crippen LogP contribution in [0.15, 0.2) is 34.9 Å². The third kappa shape index (κ3) is 4.02. The van der Waals surface area contributed by atoms with E-state index in [0.29, 0.717) is 12.3 Å². The molecule has 2 aromatic rings. The van der Waals surface area contributed by atoms with E-state index in [-0.39, 0.29) is 12.8 Å². The van der Waals surface area contributed by atoms with Gasteiger partial charge in [0.25, 0.3) is 0 Å². The van der Waals surface area contributed by atoms with Gasteiger partial charge in [-0.05, 0) is 49.6 Å². The standard InChI is InChI=1S/C16H20N2O3/c1-11-6-7-12(2)15(13(11)3)21-10-18-16(19)17-9-14-5-4-8-20-14/h4-8H,9-10H2,1-3H3,(H2,17,18,19). The second-order valence-electron chi connectivity index (χ2n) is 4.88. The topological polar surface area (TPSA) is 63.5 Å². The van der Waals surface area contributed by atoms with E-state index in [2.05, 4.69) is 16.7 Å². The quantitative estimate of drug-likeness (QED) is 0.831. The van der Waals surface area contributed by atoms with Gasteiger partial charge in [-0.3, -0.25) is 0 Å². The van der Waals surface area contributed by atoms with E-state index >= 15 is 0 Å². The van der Waals surface area contributed by atoms with Crippen LogP contribution in [-0.4, -0.2) is 12.8 Å². The molecule has 0 aliphatic heterocycles. The molecule has 0 bridgehead atoms. The predicted molar refractivity (Wildman–Crippen MR) is 80.2 cm³/mol. The number of amides is 2. The number of nitrogens with one attached hydrogen (secondary N) is 2. The number of hydrogen-bond donors (Lipinski definition) is 2. The first-order valence-electron chi connectivity index (χ1n) is 6.81. The zero-order valence-electron chi connectivity index (χ0n) is 12.5. The van der Waals surface area contributed by atoms with Gasteiger partial charge in [-0.25, -0.2) is 4.79 Å². The summed E-state index contributed by atoms with van der Waals surface area (Å²) < 4.78 is 10.8. The Morgan fingerprint density at radius 3 is 2.62 bits per heavy atom. The zero-order valence-corrected chi connectivity index (χ0v) is 12.5. The van der Waals surface area contributed by atoms with Crippen LogP contribution in [0.4, 0.5) is 4.79 Å². The van der Waals surface area contributed by atoms with Crippen LogP contribution in [-0.2, 0) is 6.54 Å². The molecule has 0 fully saturated rings. The molecule has 0 saturated carbocycles. The average molecular weight is 288 g/mol. The number of urea groups is 1. The van der Waals surface area contributed by atoms with Crippen molar-refractivity contribution in [2.24, 2.45) is 0 Å². The van der Waals surface area contributed by atoms with Crippen molar-refractivity contribution in [2.45, 2.75) is 27.3 Å². The van der Waals surface area contributed by atoms with Gasteiger partial charge < -0.3 is 19.8 Å². The van der Waals surface area contributed by atoms with Crippen LogP contribution in [0.1, 0.15) is 22.5 Å². The van der Waals surface area contributed by atoms with Gasteiger partial charge in [0.05, 0.1) is 12.8 Å². The highest BCUT2D eigenvalue weighted by Gasteiger charge is 2.07. The lowest BCUT2D eigenvalue weighted by Crippen LogP contribution is -2.37. The average Bonchev–Trinajstić information content (AvgIpc) is 2.98. The number of ether oxygens (including phenoxy) is 1. The Morgan fingerprint density at radius 1 is 1.14 bits per heavy atom. The molecule has 2 rings (SSSR count). The summed E-state index contributed by atoms with van der Waals surface area (Å²) in [5, 5.41) is 5.34. The maximum Gasteiger partial charge on any atom is 0.317 e. The lowest BCUT2D eigenvalue weighted by Gasteiger charge is -2.14. The summed E-state index contributed by atoms with van der Waals surface area (Å²) in [4.78, 5) is 11.6. The Balaban J connectivity index is 1.79. The van der Waals surface area contributed by atoms with E-state index < -0.39 is 0 Å². The molecule has 0 atom stereocenters. The number of aryl methyl sites for hydroxylation is 2. The Bertz CT molecular complexity index is 606. The summed E-state index contributed by atoms with van der Waals surface area (Å²) in [6.45, 7) is 6.50. The molecule has 112 valence electrons. The summed E-state index contributed by atoms with van der Waals surface area (Å²) in [5.41, 5.74) is 3.31. The molecule has 2 amide bonds. The van der Waals surface area contributed by atoms with E-state index in [4.69, 9.17) is 9.15 Å². The van der Waals surface area contributed by atoms with Gasteiger partial charge >= 0.3 is 6.03 Å². The van der Waals surface area contributed by atoms with Gasteiger partial charge in [0.1, 0.15) is 11.5 Å². The minimum absolute atomic E-state index is 0.120. The predicted octanol–water partition coefficient (Wildman–Crippen LogP) is 3.04. The van der Waals surface area contributed by atoms with Gasteiger partial charge in [0.2, 0.25) is 0 Å². The highest BCUT2D eigenvalue weighted by molar-refractivity contribution is 5.73. The minimum atomic E-state index is -0.297. The van der Waals surface area contributed by atoms with Crippen LogP contribution in [0, 0.1) is 20.8 Å². The lowest BCUT2D eigenvalue weighted by atomic mass is 10.1. The van der Waals surface area contributed by atoms with Crippen molar-refractivity contribution >= 4 is 6.03 Å². The van der Waals surface area contributed by atoms with E-state index in [1.165, 1.54) is 0 Å². The van der Waals surface area contributed by atoms with Crippen molar-refractivity contribution < 1.29 is 13.9 Å². The number of furan rings is 1. The van der Waals surface area contributed by atoms with Crippen molar-refractivity contribution in [3.8, 4) is 5.75 Å². The molecule has 5 heteroatoms. The molecule has 0 spiro atoms. The van der Waals surface area contributed by atoms with E-state index in [1.54, 1.807) is 18.4 Å². The summed E-state index contributed by atoms with van der Waals surface area (Å²) >= 11 is 0. The molecule has 0 aliphatic carbocycles. The fourth-order valence-electron chi connectivity index (χ4n) is 1.96. The molecule has 0 radical (unpaired) electrons. The van der Waals surface area contributed by atoms with Crippen molar-refractivity contribution in [1.82, 2.24) is 10.6 Å². The molecule has 0 saturated heterocycles. The highest BCUT2D eigenvalue weighted by atomic mass is 16.5. The molecule has 5 nitrogen and oxygen atoms in total. The second kappa shape index (κ2) is 6.83. The molecule has 0 unspecified atom stereocenters. The molecule has 2 N–H and O–H groups in total. The van der Waals surface area contributed by atoms with E-state index in [9.17, 15) is 4.79 Å². The van der Waals surface area contributed by atoms with Crippen molar-refractivity contribution in [1.29, 1.82) is 0 Å². The van der Waals surface area contributed by atoms with Crippen LogP contribution in [0.5, 0.6) is 5.75 Å². The van der Waals surface area contributed by atoms with Crippen molar-refractivity contribution in [3.05, 3.63) is 53.0 Å². The summed E-state index contributed by atoms with van der Waals surface area (Å²) in [5.74, 6) is 1.53. The Hall–Kier alpha value is -2.43. The molecule has 1 aromatic heterocycles. The lowest BCUT2D eigenvalue weighted by molar-refractivity contribution is 0.222. The SMILES string of the molecule is Cc1ccc(C)c(OCNC(=O)NCc2ccco2)c1C. The number of rotatable bonds is 5. The highest BCUT2D eigenvalue weighted by Crippen LogP contribution is 2.25. The van der Waals surface area contributed by atoms with Gasteiger partial charge in [-0.1, -0.05) is 12.1 Å². The van der Waals surface area contributed by atoms with Crippen LogP contribution < -0.4 is 15.4 Å². The van der Waals surface area contributed by atoms with Crippen LogP contribution >= 0.6 is 0 Å². The molecule has 21 heavy (non-hydrogen) atoms. The van der Waals surface area contributed by atoms with Gasteiger partial charge in [-0.2, -0.15) is 0 Å². The number of benzene rings is 1. The number of carbonyl (C=O) groups excluding carboxylic acids is 1. The van der Waals surface area contributed by atoms with E-state index in [0.717, 1.165) is 22.4 Å². The van der Waals surface area contributed by atoms with Crippen LogP contribution in [0.3, 0.4) is 0 Å². The fourth-order valence-corrected chi connectivity index (χ4v) is 1.96. The minimum Gasteiger partial charge on any atom is -0.473 e. The largest absolute Gasteiger partial charge is 0.473 e. The Kier molecular flexibility index (Phi) is 4.87. The molecule has 1 aromatic carbocycles. The number of carbonyl (C=O) groups is 1. The maximum absolute atomic E-state index is 11.6. The molecular weight excluding hydrogens is 268 g/mol. The first-order valence-corrected chi connectivity index (χ1v) is 6.81. The Morgan fingerprint density at radius 2 is 1.90 bits per heavy atom. The van der Waals surface area contributed by atoms with Crippen LogP contribution in [0.25, 0.3) is 0 Å². The van der Waals surface area contributed by atoms with E-state index in [1.807, 2.05) is 26.8 Å². The zero-order chi connectivity index (χ0) is 15.2. The normalized spacial score (nSPS) is 10.2. The maximum atomic E-state index is 11.6. The van der Waals surface area contributed by atoms with Gasteiger partial charge in [-0.15, -0.1) is 0 Å². The Labute approximate surface area is 124 Å². The van der Waals surface area contributed by atoms with Gasteiger partial charge in [0.15, 0.2) is 6.73 Å². The number of hydrogen-bond acceptors (Lipinski definition) is 3. The summed E-state index contributed by atoms with van der Waals surface area (Å²) in [6.07, 6.45) is 1.57. The fraction of sp³-hybridized carbons (Fsp3) is 0.312. The smallest absolute Gasteiger partial charge is 0.317 e. The monoisotopic (exact) mass is 288 g/mol. The first kappa shape index (κ1) is 15.0. The van der Waals surface area contributed by atoms with Crippen molar-refractivity contribution in [3.63, 3.8) is 0 Å². The van der Waals surface area contributed by atoms with Crippen LogP contribution in [0.2, 0.25) is 0 Å². The van der Waals surface area contributed by atoms with Crippen molar-refractivity contribution in [2.75, 3.05) is 6.73 Å². The molecule has 1 heterocycles. The van der Waals surface area contributed by atoms with Gasteiger partial charge in [0, 0.05) is 0 Å². The molecule has 0 aliphatic rings. The molecular formula is C16H20N2O3. The first-order chi connectivity index (χ1) is 10.1. The summed E-state index contributed by atoms with van der Waals surface area (Å²) in [6, 6.07) is 7.35. The third-order valence-corrected chi connectivity index (χ3v) is 3.33.